The zero-order valence-electron chi connectivity index (χ0n) is 10.7. The first kappa shape index (κ1) is 12.1. The third-order valence-corrected chi connectivity index (χ3v) is 3.15. The van der Waals surface area contributed by atoms with Crippen LogP contribution < -0.4 is 5.56 Å². The van der Waals surface area contributed by atoms with Gasteiger partial charge in [-0.1, -0.05) is 42.5 Å². The van der Waals surface area contributed by atoms with Gasteiger partial charge in [0.15, 0.2) is 0 Å². The monoisotopic (exact) mass is 261 g/mol. The highest BCUT2D eigenvalue weighted by molar-refractivity contribution is 5.77. The lowest BCUT2D eigenvalue weighted by Crippen LogP contribution is -2.24. The van der Waals surface area contributed by atoms with E-state index in [1.54, 1.807) is 24.3 Å². The predicted molar refractivity (Wildman–Crippen MR) is 76.3 cm³/mol. The first-order valence-corrected chi connectivity index (χ1v) is 6.23. The van der Waals surface area contributed by atoms with Gasteiger partial charge < -0.3 is 0 Å². The van der Waals surface area contributed by atoms with Crippen LogP contribution >= 0.6 is 0 Å². The minimum atomic E-state index is -0.184. The van der Waals surface area contributed by atoms with E-state index in [1.165, 1.54) is 4.57 Å². The summed E-state index contributed by atoms with van der Waals surface area (Å²) in [5, 5.41) is 9.74. The van der Waals surface area contributed by atoms with E-state index < -0.39 is 0 Å². The number of fused-ring (bicyclic) bond motifs is 1. The summed E-state index contributed by atoms with van der Waals surface area (Å²) in [6.45, 7) is 0.348. The zero-order chi connectivity index (χ0) is 13.9. The summed E-state index contributed by atoms with van der Waals surface area (Å²) in [5.74, 6) is 0.137. The van der Waals surface area contributed by atoms with Crippen molar-refractivity contribution in [3.63, 3.8) is 0 Å². The third kappa shape index (κ3) is 2.06. The zero-order valence-corrected chi connectivity index (χ0v) is 10.7. The van der Waals surface area contributed by atoms with Gasteiger partial charge in [-0.15, -0.1) is 0 Å². The van der Waals surface area contributed by atoms with E-state index >= 15 is 0 Å². The quantitative estimate of drug-likeness (QED) is 0.711. The average molecular weight is 261 g/mol. The maximum absolute atomic E-state index is 12.5. The van der Waals surface area contributed by atoms with Crippen LogP contribution in [0, 0.1) is 11.3 Å². The van der Waals surface area contributed by atoms with Crippen molar-refractivity contribution < 1.29 is 0 Å². The molecular formula is C16H11N3O. The molecule has 0 aliphatic heterocycles. The number of para-hydroxylation sites is 1. The van der Waals surface area contributed by atoms with Crippen molar-refractivity contribution in [2.45, 2.75) is 6.54 Å². The first-order valence-electron chi connectivity index (χ1n) is 6.23. The van der Waals surface area contributed by atoms with E-state index in [0.717, 1.165) is 5.56 Å². The Kier molecular flexibility index (Phi) is 3.02. The van der Waals surface area contributed by atoms with Gasteiger partial charge in [0.1, 0.15) is 6.07 Å². The van der Waals surface area contributed by atoms with Gasteiger partial charge in [0, 0.05) is 0 Å². The summed E-state index contributed by atoms with van der Waals surface area (Å²) < 4.78 is 1.41. The molecule has 0 N–H and O–H groups in total. The second-order valence-corrected chi connectivity index (χ2v) is 4.44. The van der Waals surface area contributed by atoms with Crippen molar-refractivity contribution in [3.05, 3.63) is 76.3 Å². The van der Waals surface area contributed by atoms with Crippen molar-refractivity contribution in [1.82, 2.24) is 9.55 Å². The standard InChI is InChI=1S/C16H11N3O/c17-10-15-18-14-9-5-4-8-13(14)16(20)19(15)11-12-6-2-1-3-7-12/h1-9H,11H2. The fourth-order valence-corrected chi connectivity index (χ4v) is 2.17. The molecular weight excluding hydrogens is 250 g/mol. The lowest BCUT2D eigenvalue weighted by Gasteiger charge is -2.09. The van der Waals surface area contributed by atoms with E-state index in [-0.39, 0.29) is 11.4 Å². The Balaban J connectivity index is 2.22. The van der Waals surface area contributed by atoms with Crippen molar-refractivity contribution in [3.8, 4) is 6.07 Å². The summed E-state index contributed by atoms with van der Waals surface area (Å²) in [4.78, 5) is 16.7. The van der Waals surface area contributed by atoms with Gasteiger partial charge in [-0.2, -0.15) is 5.26 Å². The van der Waals surface area contributed by atoms with Gasteiger partial charge in [-0.3, -0.25) is 9.36 Å². The molecule has 0 saturated heterocycles. The maximum Gasteiger partial charge on any atom is 0.262 e. The molecule has 3 aromatic rings. The van der Waals surface area contributed by atoms with Crippen LogP contribution in [0.2, 0.25) is 0 Å². The summed E-state index contributed by atoms with van der Waals surface area (Å²) >= 11 is 0. The number of hydrogen-bond donors (Lipinski definition) is 0. The van der Waals surface area contributed by atoms with Crippen LogP contribution in [0.5, 0.6) is 0 Å². The van der Waals surface area contributed by atoms with Crippen LogP contribution in [0.15, 0.2) is 59.4 Å². The van der Waals surface area contributed by atoms with Crippen molar-refractivity contribution in [1.29, 1.82) is 5.26 Å². The van der Waals surface area contributed by atoms with Gasteiger partial charge in [0.25, 0.3) is 5.56 Å². The second kappa shape index (κ2) is 4.98. The molecule has 0 bridgehead atoms. The van der Waals surface area contributed by atoms with Crippen molar-refractivity contribution in [2.24, 2.45) is 0 Å². The Labute approximate surface area is 115 Å². The summed E-state index contributed by atoms with van der Waals surface area (Å²) in [5.41, 5.74) is 1.33. The molecule has 0 atom stereocenters. The molecule has 0 saturated carbocycles. The largest absolute Gasteiger partial charge is 0.279 e. The lowest BCUT2D eigenvalue weighted by atomic mass is 10.2. The van der Waals surface area contributed by atoms with E-state index in [9.17, 15) is 10.1 Å². The minimum absolute atomic E-state index is 0.137. The fraction of sp³-hybridized carbons (Fsp3) is 0.0625. The highest BCUT2D eigenvalue weighted by Gasteiger charge is 2.10. The molecule has 0 radical (unpaired) electrons. The van der Waals surface area contributed by atoms with Crippen LogP contribution in [-0.2, 0) is 6.54 Å². The Hall–Kier alpha value is -2.93. The normalized spacial score (nSPS) is 10.3. The number of benzene rings is 2. The second-order valence-electron chi connectivity index (χ2n) is 4.44. The van der Waals surface area contributed by atoms with E-state index in [0.29, 0.717) is 17.4 Å². The van der Waals surface area contributed by atoms with Gasteiger partial charge in [0.2, 0.25) is 5.82 Å². The maximum atomic E-state index is 12.5. The molecule has 1 aromatic heterocycles. The molecule has 0 unspecified atom stereocenters. The van der Waals surface area contributed by atoms with Crippen LogP contribution in [-0.4, -0.2) is 9.55 Å². The van der Waals surface area contributed by atoms with Crippen molar-refractivity contribution >= 4 is 10.9 Å². The molecule has 1 heterocycles. The Morgan fingerprint density at radius 3 is 2.50 bits per heavy atom. The molecule has 0 amide bonds. The first-order chi connectivity index (χ1) is 9.79. The topological polar surface area (TPSA) is 58.7 Å². The highest BCUT2D eigenvalue weighted by atomic mass is 16.1. The van der Waals surface area contributed by atoms with Crippen LogP contribution in [0.25, 0.3) is 10.9 Å². The third-order valence-electron chi connectivity index (χ3n) is 3.15. The summed E-state index contributed by atoms with van der Waals surface area (Å²) in [6, 6.07) is 18.6. The van der Waals surface area contributed by atoms with E-state index in [2.05, 4.69) is 4.98 Å². The van der Waals surface area contributed by atoms with Crippen LogP contribution in [0.1, 0.15) is 11.4 Å². The summed E-state index contributed by atoms with van der Waals surface area (Å²) in [7, 11) is 0. The molecule has 0 spiro atoms. The molecule has 3 rings (SSSR count). The molecule has 4 nitrogen and oxygen atoms in total. The SMILES string of the molecule is N#Cc1nc2ccccc2c(=O)n1Cc1ccccc1. The van der Waals surface area contributed by atoms with E-state index in [4.69, 9.17) is 0 Å². The predicted octanol–water partition coefficient (Wildman–Crippen LogP) is 2.32. The molecule has 20 heavy (non-hydrogen) atoms. The van der Waals surface area contributed by atoms with Crippen LogP contribution in [0.3, 0.4) is 0 Å². The molecule has 4 heteroatoms. The summed E-state index contributed by atoms with van der Waals surface area (Å²) in [6.07, 6.45) is 0. The number of nitriles is 1. The Bertz CT molecular complexity index is 860. The van der Waals surface area contributed by atoms with Crippen molar-refractivity contribution in [2.75, 3.05) is 0 Å². The lowest BCUT2D eigenvalue weighted by molar-refractivity contribution is 0.733. The Morgan fingerprint density at radius 2 is 1.75 bits per heavy atom. The van der Waals surface area contributed by atoms with Gasteiger partial charge in [0.05, 0.1) is 17.4 Å². The molecule has 0 aliphatic carbocycles. The number of aromatic nitrogens is 2. The number of nitrogens with zero attached hydrogens (tertiary/aromatic N) is 3. The number of hydrogen-bond acceptors (Lipinski definition) is 3. The average Bonchev–Trinajstić information content (AvgIpc) is 2.51. The molecule has 2 aromatic carbocycles. The minimum Gasteiger partial charge on any atom is -0.279 e. The van der Waals surface area contributed by atoms with Gasteiger partial charge >= 0.3 is 0 Å². The molecule has 0 fully saturated rings. The molecule has 0 aliphatic rings. The molecule has 96 valence electrons. The smallest absolute Gasteiger partial charge is 0.262 e. The van der Waals surface area contributed by atoms with Gasteiger partial charge in [-0.25, -0.2) is 4.98 Å². The van der Waals surface area contributed by atoms with Gasteiger partial charge in [-0.05, 0) is 17.7 Å². The van der Waals surface area contributed by atoms with E-state index in [1.807, 2.05) is 36.4 Å². The Morgan fingerprint density at radius 1 is 1.05 bits per heavy atom. The number of rotatable bonds is 2. The fourth-order valence-electron chi connectivity index (χ4n) is 2.17. The van der Waals surface area contributed by atoms with Crippen LogP contribution in [0.4, 0.5) is 0 Å². The highest BCUT2D eigenvalue weighted by Crippen LogP contribution is 2.09.